The fraction of sp³-hybridized carbons (Fsp3) is 0.444. The molecule has 2 atom stereocenters. The van der Waals surface area contributed by atoms with Gasteiger partial charge in [-0.05, 0) is 40.9 Å². The second-order valence-electron chi connectivity index (χ2n) is 3.49. The van der Waals surface area contributed by atoms with Gasteiger partial charge in [-0.25, -0.2) is 4.98 Å². The van der Waals surface area contributed by atoms with Gasteiger partial charge in [0, 0.05) is 18.3 Å². The van der Waals surface area contributed by atoms with Gasteiger partial charge in [-0.2, -0.15) is 0 Å². The van der Waals surface area contributed by atoms with E-state index >= 15 is 0 Å². The number of nitrogens with one attached hydrogen (secondary N) is 1. The molecule has 70 valence electrons. The molecule has 0 radical (unpaired) electrons. The number of rotatable bonds is 2. The van der Waals surface area contributed by atoms with Gasteiger partial charge < -0.3 is 11.1 Å². The summed E-state index contributed by atoms with van der Waals surface area (Å²) in [6.07, 6.45) is 2.89. The first-order valence-corrected chi connectivity index (χ1v) is 5.10. The van der Waals surface area contributed by atoms with Crippen LogP contribution in [0.4, 0.5) is 5.82 Å². The molecule has 1 aliphatic carbocycles. The third-order valence-corrected chi connectivity index (χ3v) is 2.74. The van der Waals surface area contributed by atoms with Gasteiger partial charge in [0.1, 0.15) is 5.82 Å². The standard InChI is InChI=1S/C9H12BrN3/c1-5-2-6(10)9(12-4-5)13-8-3-7(8)11/h2,4,7-8H,3,11H2,1H3,(H,12,13). The minimum Gasteiger partial charge on any atom is -0.365 e. The van der Waals surface area contributed by atoms with Gasteiger partial charge in [0.15, 0.2) is 0 Å². The van der Waals surface area contributed by atoms with Crippen molar-refractivity contribution in [2.24, 2.45) is 5.73 Å². The van der Waals surface area contributed by atoms with Gasteiger partial charge in [0.05, 0.1) is 4.47 Å². The molecule has 0 aliphatic heterocycles. The zero-order valence-electron chi connectivity index (χ0n) is 7.42. The van der Waals surface area contributed by atoms with E-state index in [1.165, 1.54) is 0 Å². The molecule has 0 amide bonds. The van der Waals surface area contributed by atoms with Crippen LogP contribution in [-0.4, -0.2) is 17.1 Å². The van der Waals surface area contributed by atoms with Gasteiger partial charge >= 0.3 is 0 Å². The minimum atomic E-state index is 0.301. The van der Waals surface area contributed by atoms with Crippen molar-refractivity contribution in [2.75, 3.05) is 5.32 Å². The van der Waals surface area contributed by atoms with E-state index in [4.69, 9.17) is 5.73 Å². The molecule has 0 saturated heterocycles. The Kier molecular flexibility index (Phi) is 2.26. The van der Waals surface area contributed by atoms with Crippen LogP contribution in [0.15, 0.2) is 16.7 Å². The summed E-state index contributed by atoms with van der Waals surface area (Å²) in [5.41, 5.74) is 6.84. The molecule has 1 aromatic heterocycles. The largest absolute Gasteiger partial charge is 0.365 e. The van der Waals surface area contributed by atoms with Crippen molar-refractivity contribution in [3.63, 3.8) is 0 Å². The Balaban J connectivity index is 2.11. The Morgan fingerprint density at radius 3 is 2.92 bits per heavy atom. The normalized spacial score (nSPS) is 25.8. The first-order valence-electron chi connectivity index (χ1n) is 4.31. The van der Waals surface area contributed by atoms with Gasteiger partial charge in [-0.1, -0.05) is 0 Å². The van der Waals surface area contributed by atoms with Crippen molar-refractivity contribution in [3.05, 3.63) is 22.3 Å². The maximum Gasteiger partial charge on any atom is 0.140 e. The Morgan fingerprint density at radius 1 is 1.69 bits per heavy atom. The molecule has 0 spiro atoms. The molecule has 2 unspecified atom stereocenters. The summed E-state index contributed by atoms with van der Waals surface area (Å²) < 4.78 is 1.01. The van der Waals surface area contributed by atoms with Crippen LogP contribution in [0.5, 0.6) is 0 Å². The van der Waals surface area contributed by atoms with E-state index in [1.807, 2.05) is 19.2 Å². The van der Waals surface area contributed by atoms with E-state index < -0.39 is 0 Å². The van der Waals surface area contributed by atoms with E-state index in [9.17, 15) is 0 Å². The van der Waals surface area contributed by atoms with E-state index in [0.717, 1.165) is 22.3 Å². The number of nitrogens with zero attached hydrogens (tertiary/aromatic N) is 1. The number of halogens is 1. The van der Waals surface area contributed by atoms with Crippen molar-refractivity contribution >= 4 is 21.7 Å². The fourth-order valence-corrected chi connectivity index (χ4v) is 1.77. The summed E-state index contributed by atoms with van der Waals surface area (Å²) in [4.78, 5) is 4.28. The molecular weight excluding hydrogens is 230 g/mol. The molecule has 13 heavy (non-hydrogen) atoms. The first kappa shape index (κ1) is 8.97. The lowest BCUT2D eigenvalue weighted by Crippen LogP contribution is -2.14. The van der Waals surface area contributed by atoms with Crippen LogP contribution in [0.2, 0.25) is 0 Å². The maximum atomic E-state index is 5.69. The molecule has 1 aliphatic rings. The van der Waals surface area contributed by atoms with Crippen LogP contribution in [0, 0.1) is 6.92 Å². The average Bonchev–Trinajstić information content (AvgIpc) is 2.73. The first-order chi connectivity index (χ1) is 6.16. The van der Waals surface area contributed by atoms with Crippen LogP contribution >= 0.6 is 15.9 Å². The third-order valence-electron chi connectivity index (χ3n) is 2.14. The molecule has 0 aromatic carbocycles. The van der Waals surface area contributed by atoms with Crippen LogP contribution in [0.3, 0.4) is 0 Å². The second-order valence-corrected chi connectivity index (χ2v) is 4.35. The summed E-state index contributed by atoms with van der Waals surface area (Å²) in [5.74, 6) is 0.892. The fourth-order valence-electron chi connectivity index (χ4n) is 1.20. The highest BCUT2D eigenvalue weighted by Gasteiger charge is 2.33. The Hall–Kier alpha value is -0.610. The van der Waals surface area contributed by atoms with E-state index in [-0.39, 0.29) is 0 Å². The van der Waals surface area contributed by atoms with Crippen molar-refractivity contribution < 1.29 is 0 Å². The summed E-state index contributed by atoms with van der Waals surface area (Å²) in [7, 11) is 0. The zero-order chi connectivity index (χ0) is 9.42. The van der Waals surface area contributed by atoms with Gasteiger partial charge in [-0.15, -0.1) is 0 Å². The molecule has 3 nitrogen and oxygen atoms in total. The quantitative estimate of drug-likeness (QED) is 0.829. The van der Waals surface area contributed by atoms with Crippen molar-refractivity contribution in [2.45, 2.75) is 25.4 Å². The molecule has 4 heteroatoms. The summed E-state index contributed by atoms with van der Waals surface area (Å²) in [5, 5.41) is 3.28. The highest BCUT2D eigenvalue weighted by atomic mass is 79.9. The summed E-state index contributed by atoms with van der Waals surface area (Å²) in [6, 6.07) is 2.75. The third kappa shape index (κ3) is 2.00. The summed E-state index contributed by atoms with van der Waals surface area (Å²) in [6.45, 7) is 2.02. The molecule has 3 N–H and O–H groups in total. The van der Waals surface area contributed by atoms with Crippen molar-refractivity contribution in [1.82, 2.24) is 4.98 Å². The number of aromatic nitrogens is 1. The lowest BCUT2D eigenvalue weighted by molar-refractivity contribution is 0.993. The van der Waals surface area contributed by atoms with Gasteiger partial charge in [0.25, 0.3) is 0 Å². The predicted molar refractivity (Wildman–Crippen MR) is 56.7 cm³/mol. The highest BCUT2D eigenvalue weighted by Crippen LogP contribution is 2.27. The van der Waals surface area contributed by atoms with Crippen LogP contribution in [-0.2, 0) is 0 Å². The molecule has 1 aromatic rings. The van der Waals surface area contributed by atoms with Crippen molar-refractivity contribution in [1.29, 1.82) is 0 Å². The van der Waals surface area contributed by atoms with E-state index in [1.54, 1.807) is 0 Å². The monoisotopic (exact) mass is 241 g/mol. The number of anilines is 1. The van der Waals surface area contributed by atoms with E-state index in [0.29, 0.717) is 12.1 Å². The molecular formula is C9H12BrN3. The molecule has 1 heterocycles. The smallest absolute Gasteiger partial charge is 0.140 e. The summed E-state index contributed by atoms with van der Waals surface area (Å²) >= 11 is 3.46. The van der Waals surface area contributed by atoms with Crippen LogP contribution in [0.1, 0.15) is 12.0 Å². The minimum absolute atomic E-state index is 0.301. The van der Waals surface area contributed by atoms with Crippen LogP contribution < -0.4 is 11.1 Å². The lowest BCUT2D eigenvalue weighted by Gasteiger charge is -2.06. The second kappa shape index (κ2) is 3.27. The van der Waals surface area contributed by atoms with Gasteiger partial charge in [-0.3, -0.25) is 0 Å². The zero-order valence-corrected chi connectivity index (χ0v) is 9.01. The van der Waals surface area contributed by atoms with Crippen molar-refractivity contribution in [3.8, 4) is 0 Å². The number of nitrogens with two attached hydrogens (primary N) is 1. The molecule has 1 saturated carbocycles. The van der Waals surface area contributed by atoms with E-state index in [2.05, 4.69) is 26.2 Å². The maximum absolute atomic E-state index is 5.69. The number of hydrogen-bond acceptors (Lipinski definition) is 3. The number of hydrogen-bond donors (Lipinski definition) is 2. The topological polar surface area (TPSA) is 50.9 Å². The SMILES string of the molecule is Cc1cnc(NC2CC2N)c(Br)c1. The predicted octanol–water partition coefficient (Wildman–Crippen LogP) is 1.66. The lowest BCUT2D eigenvalue weighted by atomic mass is 10.3. The molecule has 1 fully saturated rings. The Labute approximate surface area is 85.9 Å². The molecule has 0 bridgehead atoms. The molecule has 2 rings (SSSR count). The van der Waals surface area contributed by atoms with Gasteiger partial charge in [0.2, 0.25) is 0 Å². The number of pyridine rings is 1. The average molecular weight is 242 g/mol. The van der Waals surface area contributed by atoms with Crippen LogP contribution in [0.25, 0.3) is 0 Å². The Morgan fingerprint density at radius 2 is 2.38 bits per heavy atom. The Bertz CT molecular complexity index is 327. The highest BCUT2D eigenvalue weighted by molar-refractivity contribution is 9.10. The number of aryl methyl sites for hydroxylation is 1.